The van der Waals surface area contributed by atoms with Crippen LogP contribution in [0.4, 0.5) is 4.39 Å². The topological polar surface area (TPSA) is 76.1 Å². The molecule has 1 aliphatic heterocycles. The molecule has 0 saturated carbocycles. The van der Waals surface area contributed by atoms with Crippen LogP contribution >= 0.6 is 0 Å². The molecule has 0 aromatic carbocycles. The zero-order chi connectivity index (χ0) is 10.1. The van der Waals surface area contributed by atoms with Crippen LogP contribution in [0.3, 0.4) is 0 Å². The van der Waals surface area contributed by atoms with Crippen LogP contribution in [-0.2, 0) is 4.84 Å². The van der Waals surface area contributed by atoms with Crippen molar-refractivity contribution in [1.29, 1.82) is 0 Å². The van der Waals surface area contributed by atoms with E-state index in [0.29, 0.717) is 13.0 Å². The summed E-state index contributed by atoms with van der Waals surface area (Å²) in [6.07, 6.45) is 0.832. The van der Waals surface area contributed by atoms with Gasteiger partial charge in [0.1, 0.15) is 0 Å². The Balaban J connectivity index is 2.47. The maximum Gasteiger partial charge on any atom is 0.330 e. The molecule has 0 spiro atoms. The summed E-state index contributed by atoms with van der Waals surface area (Å²) in [6.45, 7) is 0.581. The summed E-state index contributed by atoms with van der Waals surface area (Å²) < 4.78 is 13.8. The molecule has 0 radical (unpaired) electrons. The highest BCUT2D eigenvalue weighted by Gasteiger charge is 2.19. The van der Waals surface area contributed by atoms with E-state index in [1.165, 1.54) is 0 Å². The summed E-state index contributed by atoms with van der Waals surface area (Å²) in [4.78, 5) is 28.7. The summed E-state index contributed by atoms with van der Waals surface area (Å²) in [5.41, 5.74) is 0.866. The molecule has 0 aliphatic carbocycles. The van der Waals surface area contributed by atoms with Crippen molar-refractivity contribution in [3.05, 3.63) is 32.9 Å². The van der Waals surface area contributed by atoms with E-state index >= 15 is 0 Å². The Morgan fingerprint density at radius 1 is 1.57 bits per heavy atom. The lowest BCUT2D eigenvalue weighted by atomic mass is 10.4. The smallest absolute Gasteiger partial charge is 0.276 e. The van der Waals surface area contributed by atoms with Crippen molar-refractivity contribution in [2.45, 2.75) is 12.6 Å². The van der Waals surface area contributed by atoms with Crippen molar-refractivity contribution in [1.82, 2.24) is 15.0 Å². The Kier molecular flexibility index (Phi) is 2.18. The molecule has 1 aliphatic rings. The van der Waals surface area contributed by atoms with Crippen molar-refractivity contribution in [3.8, 4) is 0 Å². The lowest BCUT2D eigenvalue weighted by Crippen LogP contribution is -2.33. The molecule has 2 rings (SSSR count). The van der Waals surface area contributed by atoms with Crippen molar-refractivity contribution in [3.63, 3.8) is 0 Å². The van der Waals surface area contributed by atoms with Crippen LogP contribution in [0.2, 0.25) is 0 Å². The quantitative estimate of drug-likeness (QED) is 0.617. The van der Waals surface area contributed by atoms with Gasteiger partial charge in [-0.3, -0.25) is 19.2 Å². The van der Waals surface area contributed by atoms with Gasteiger partial charge in [0.15, 0.2) is 6.23 Å². The highest BCUT2D eigenvalue weighted by molar-refractivity contribution is 4.88. The molecule has 1 aromatic rings. The predicted octanol–water partition coefficient (Wildman–Crippen LogP) is -0.901. The second kappa shape index (κ2) is 3.35. The fraction of sp³-hybridized carbons (Fsp3) is 0.429. The second-order valence-electron chi connectivity index (χ2n) is 2.90. The molecule has 1 aromatic heterocycles. The summed E-state index contributed by atoms with van der Waals surface area (Å²) in [6, 6.07) is 0. The average Bonchev–Trinajstić information content (AvgIpc) is 2.64. The average molecular weight is 201 g/mol. The third-order valence-corrected chi connectivity index (χ3v) is 1.95. The molecule has 76 valence electrons. The molecule has 6 nitrogen and oxygen atoms in total. The number of hydroxylamine groups is 1. The first-order valence-corrected chi connectivity index (χ1v) is 4.08. The first-order chi connectivity index (χ1) is 6.68. The molecule has 0 bridgehead atoms. The zero-order valence-electron chi connectivity index (χ0n) is 7.12. The van der Waals surface area contributed by atoms with Crippen LogP contribution in [-0.4, -0.2) is 16.1 Å². The summed E-state index contributed by atoms with van der Waals surface area (Å²) in [5.74, 6) is -1.000. The van der Waals surface area contributed by atoms with Gasteiger partial charge in [-0.1, -0.05) is 0 Å². The SMILES string of the molecule is O=c1[nH]c(=O)n([C@H]2CCNO2)cc1F. The Hall–Kier alpha value is -1.47. The highest BCUT2D eigenvalue weighted by Crippen LogP contribution is 2.13. The highest BCUT2D eigenvalue weighted by atomic mass is 19.1. The number of hydrogen-bond acceptors (Lipinski definition) is 4. The summed E-state index contributed by atoms with van der Waals surface area (Å²) in [7, 11) is 0. The Morgan fingerprint density at radius 3 is 3.00 bits per heavy atom. The van der Waals surface area contributed by atoms with Gasteiger partial charge in [-0.05, 0) is 0 Å². The van der Waals surface area contributed by atoms with E-state index < -0.39 is 23.3 Å². The molecule has 2 heterocycles. The fourth-order valence-electron chi connectivity index (χ4n) is 1.27. The second-order valence-corrected chi connectivity index (χ2v) is 2.90. The van der Waals surface area contributed by atoms with E-state index in [-0.39, 0.29) is 0 Å². The molecule has 0 unspecified atom stereocenters. The minimum absolute atomic E-state index is 0.547. The van der Waals surface area contributed by atoms with Gasteiger partial charge in [0.2, 0.25) is 5.82 Å². The molecule has 0 amide bonds. The largest absolute Gasteiger partial charge is 0.330 e. The van der Waals surface area contributed by atoms with Gasteiger partial charge in [0, 0.05) is 13.0 Å². The third kappa shape index (κ3) is 1.47. The summed E-state index contributed by atoms with van der Waals surface area (Å²) in [5, 5.41) is 0. The lowest BCUT2D eigenvalue weighted by Gasteiger charge is -2.10. The maximum absolute atomic E-state index is 12.8. The van der Waals surface area contributed by atoms with Gasteiger partial charge in [0.25, 0.3) is 5.56 Å². The minimum atomic E-state index is -1.02. The molecular formula is C7H8FN3O3. The van der Waals surface area contributed by atoms with Gasteiger partial charge < -0.3 is 0 Å². The van der Waals surface area contributed by atoms with Crippen LogP contribution < -0.4 is 16.7 Å². The zero-order valence-corrected chi connectivity index (χ0v) is 7.12. The van der Waals surface area contributed by atoms with Gasteiger partial charge in [-0.15, -0.1) is 0 Å². The standard InChI is InChI=1S/C7H8FN3O3/c8-4-3-11(5-1-2-9-14-5)7(13)10-6(4)12/h3,5,9H,1-2H2,(H,10,12,13)/t5-/m1/s1. The first kappa shape index (κ1) is 9.10. The van der Waals surface area contributed by atoms with Crippen molar-refractivity contribution in [2.24, 2.45) is 0 Å². The van der Waals surface area contributed by atoms with Crippen LogP contribution in [0.1, 0.15) is 12.6 Å². The molecule has 1 fully saturated rings. The van der Waals surface area contributed by atoms with E-state index in [1.54, 1.807) is 0 Å². The van der Waals surface area contributed by atoms with E-state index in [4.69, 9.17) is 4.84 Å². The normalized spacial score (nSPS) is 21.4. The Bertz CT molecular complexity index is 446. The number of nitrogens with zero attached hydrogens (tertiary/aromatic N) is 1. The van der Waals surface area contributed by atoms with Gasteiger partial charge in [-0.2, -0.15) is 9.87 Å². The van der Waals surface area contributed by atoms with Crippen molar-refractivity contribution < 1.29 is 9.23 Å². The molecule has 1 saturated heterocycles. The lowest BCUT2D eigenvalue weighted by molar-refractivity contribution is -0.0126. The number of aromatic nitrogens is 2. The van der Waals surface area contributed by atoms with Crippen LogP contribution in [0.25, 0.3) is 0 Å². The Labute approximate surface area is 77.3 Å². The van der Waals surface area contributed by atoms with Gasteiger partial charge >= 0.3 is 5.69 Å². The van der Waals surface area contributed by atoms with Crippen molar-refractivity contribution >= 4 is 0 Å². The van der Waals surface area contributed by atoms with E-state index in [9.17, 15) is 14.0 Å². The molecular weight excluding hydrogens is 193 g/mol. The molecule has 7 heteroatoms. The fourth-order valence-corrected chi connectivity index (χ4v) is 1.27. The summed E-state index contributed by atoms with van der Waals surface area (Å²) >= 11 is 0. The van der Waals surface area contributed by atoms with E-state index in [2.05, 4.69) is 5.48 Å². The monoisotopic (exact) mass is 201 g/mol. The van der Waals surface area contributed by atoms with Gasteiger partial charge in [-0.25, -0.2) is 4.79 Å². The third-order valence-electron chi connectivity index (χ3n) is 1.95. The number of aromatic amines is 1. The molecule has 1 atom stereocenters. The van der Waals surface area contributed by atoms with Crippen LogP contribution in [0, 0.1) is 5.82 Å². The van der Waals surface area contributed by atoms with Gasteiger partial charge in [0.05, 0.1) is 6.20 Å². The number of hydrogen-bond donors (Lipinski definition) is 2. The Morgan fingerprint density at radius 2 is 2.36 bits per heavy atom. The minimum Gasteiger partial charge on any atom is -0.276 e. The maximum atomic E-state index is 12.8. The van der Waals surface area contributed by atoms with Crippen LogP contribution in [0.15, 0.2) is 15.8 Å². The molecule has 14 heavy (non-hydrogen) atoms. The van der Waals surface area contributed by atoms with Crippen LogP contribution in [0.5, 0.6) is 0 Å². The van der Waals surface area contributed by atoms with E-state index in [1.807, 2.05) is 4.98 Å². The number of H-pyrrole nitrogens is 1. The predicted molar refractivity (Wildman–Crippen MR) is 44.0 cm³/mol. The number of halogens is 1. The van der Waals surface area contributed by atoms with E-state index in [0.717, 1.165) is 10.8 Å². The molecule has 2 N–H and O–H groups in total. The first-order valence-electron chi connectivity index (χ1n) is 4.08. The van der Waals surface area contributed by atoms with Crippen molar-refractivity contribution in [2.75, 3.05) is 6.54 Å². The number of nitrogens with one attached hydrogen (secondary N) is 2. The number of rotatable bonds is 1.